The smallest absolute Gasteiger partial charge is 0.256 e. The molecule has 4 rings (SSSR count). The van der Waals surface area contributed by atoms with E-state index in [0.717, 1.165) is 35.7 Å². The van der Waals surface area contributed by atoms with Crippen LogP contribution in [0.25, 0.3) is 11.0 Å². The van der Waals surface area contributed by atoms with Gasteiger partial charge in [0, 0.05) is 25.8 Å². The molecule has 2 unspecified atom stereocenters. The van der Waals surface area contributed by atoms with Crippen LogP contribution >= 0.6 is 0 Å². The maximum Gasteiger partial charge on any atom is 0.256 e. The fourth-order valence-electron chi connectivity index (χ4n) is 3.96. The van der Waals surface area contributed by atoms with E-state index in [9.17, 15) is 4.79 Å². The number of carbonyl (C=O) groups is 1. The summed E-state index contributed by atoms with van der Waals surface area (Å²) in [6.07, 6.45) is 2.03. The zero-order valence-corrected chi connectivity index (χ0v) is 17.4. The van der Waals surface area contributed by atoms with Gasteiger partial charge in [-0.05, 0) is 45.9 Å². The lowest BCUT2D eigenvalue weighted by Crippen LogP contribution is -2.45. The number of hydrogen-bond acceptors (Lipinski definition) is 6. The van der Waals surface area contributed by atoms with Gasteiger partial charge in [0.15, 0.2) is 5.65 Å². The van der Waals surface area contributed by atoms with Crippen molar-refractivity contribution >= 4 is 28.4 Å². The highest BCUT2D eigenvalue weighted by Crippen LogP contribution is 2.24. The summed E-state index contributed by atoms with van der Waals surface area (Å²) in [5.74, 6) is 0.690. The van der Waals surface area contributed by atoms with Crippen LogP contribution in [0.2, 0.25) is 0 Å². The minimum absolute atomic E-state index is 0.167. The molecule has 4 heterocycles. The second kappa shape index (κ2) is 7.44. The standard InChI is InChI=1S/C21H26N6O2/c1-12-8-17(19-15(4)25-26(5)20(19)23-12)21(28)24-16-6-7-18(22-9-16)27-10-13(2)29-14(3)11-27/h6-9,13-14H,10-11H2,1-5H3,(H,24,28). The number of aromatic nitrogens is 4. The molecule has 1 amide bonds. The second-order valence-corrected chi connectivity index (χ2v) is 7.74. The van der Waals surface area contributed by atoms with Crippen LogP contribution in [0.1, 0.15) is 35.6 Å². The molecule has 152 valence electrons. The summed E-state index contributed by atoms with van der Waals surface area (Å²) in [6.45, 7) is 9.50. The number of nitrogens with one attached hydrogen (secondary N) is 1. The molecular weight excluding hydrogens is 368 g/mol. The monoisotopic (exact) mass is 394 g/mol. The number of fused-ring (bicyclic) bond motifs is 1. The molecular formula is C21H26N6O2. The summed E-state index contributed by atoms with van der Waals surface area (Å²) >= 11 is 0. The quantitative estimate of drug-likeness (QED) is 0.735. The Kier molecular flexibility index (Phi) is 4.96. The number of carbonyl (C=O) groups excluding carboxylic acids is 1. The third-order valence-electron chi connectivity index (χ3n) is 5.09. The predicted molar refractivity (Wildman–Crippen MR) is 112 cm³/mol. The van der Waals surface area contributed by atoms with Gasteiger partial charge >= 0.3 is 0 Å². The van der Waals surface area contributed by atoms with E-state index in [1.54, 1.807) is 16.9 Å². The summed E-state index contributed by atoms with van der Waals surface area (Å²) < 4.78 is 7.48. The van der Waals surface area contributed by atoms with Gasteiger partial charge in [0.1, 0.15) is 5.82 Å². The van der Waals surface area contributed by atoms with E-state index in [1.807, 2.05) is 33.0 Å². The molecule has 1 aliphatic rings. The molecule has 3 aromatic rings. The first-order valence-electron chi connectivity index (χ1n) is 9.80. The Labute approximate surface area is 169 Å². The van der Waals surface area contributed by atoms with Gasteiger partial charge in [0.25, 0.3) is 5.91 Å². The third-order valence-corrected chi connectivity index (χ3v) is 5.09. The third kappa shape index (κ3) is 3.80. The number of rotatable bonds is 3. The van der Waals surface area contributed by atoms with Crippen molar-refractivity contribution in [2.45, 2.75) is 39.9 Å². The zero-order valence-electron chi connectivity index (χ0n) is 17.4. The number of hydrogen-bond donors (Lipinski definition) is 1. The van der Waals surface area contributed by atoms with Crippen molar-refractivity contribution in [2.24, 2.45) is 7.05 Å². The van der Waals surface area contributed by atoms with Gasteiger partial charge in [-0.3, -0.25) is 9.48 Å². The topological polar surface area (TPSA) is 85.2 Å². The highest BCUT2D eigenvalue weighted by atomic mass is 16.5. The highest BCUT2D eigenvalue weighted by molar-refractivity contribution is 6.12. The molecule has 0 radical (unpaired) electrons. The highest BCUT2D eigenvalue weighted by Gasteiger charge is 2.23. The van der Waals surface area contributed by atoms with E-state index in [-0.39, 0.29) is 18.1 Å². The van der Waals surface area contributed by atoms with Crippen molar-refractivity contribution in [3.8, 4) is 0 Å². The Morgan fingerprint density at radius 1 is 1.21 bits per heavy atom. The average molecular weight is 394 g/mol. The van der Waals surface area contributed by atoms with Crippen LogP contribution in [0.5, 0.6) is 0 Å². The number of morpholine rings is 1. The second-order valence-electron chi connectivity index (χ2n) is 7.74. The molecule has 0 bridgehead atoms. The summed E-state index contributed by atoms with van der Waals surface area (Å²) in [7, 11) is 1.83. The predicted octanol–water partition coefficient (Wildman–Crippen LogP) is 2.85. The van der Waals surface area contributed by atoms with E-state index in [2.05, 4.69) is 39.1 Å². The minimum Gasteiger partial charge on any atom is -0.372 e. The Balaban J connectivity index is 1.56. The molecule has 1 aliphatic heterocycles. The number of amides is 1. The molecule has 1 fully saturated rings. The summed E-state index contributed by atoms with van der Waals surface area (Å²) in [4.78, 5) is 24.3. The SMILES string of the molecule is Cc1cc(C(=O)Nc2ccc(N3CC(C)OC(C)C3)nc2)c2c(C)nn(C)c2n1. The molecule has 1 saturated heterocycles. The first kappa shape index (κ1) is 19.3. The van der Waals surface area contributed by atoms with Gasteiger partial charge in [-0.25, -0.2) is 9.97 Å². The van der Waals surface area contributed by atoms with E-state index in [0.29, 0.717) is 16.9 Å². The van der Waals surface area contributed by atoms with Crippen molar-refractivity contribution in [3.63, 3.8) is 0 Å². The van der Waals surface area contributed by atoms with Crippen molar-refractivity contribution < 1.29 is 9.53 Å². The van der Waals surface area contributed by atoms with Crippen LogP contribution in [-0.4, -0.2) is 51.0 Å². The first-order chi connectivity index (χ1) is 13.8. The number of aryl methyl sites for hydroxylation is 3. The van der Waals surface area contributed by atoms with Crippen LogP contribution in [0.3, 0.4) is 0 Å². The maximum absolute atomic E-state index is 13.0. The van der Waals surface area contributed by atoms with Gasteiger partial charge in [0.2, 0.25) is 0 Å². The maximum atomic E-state index is 13.0. The minimum atomic E-state index is -0.195. The number of anilines is 2. The molecule has 0 spiro atoms. The lowest BCUT2D eigenvalue weighted by molar-refractivity contribution is -0.00545. The summed E-state index contributed by atoms with van der Waals surface area (Å²) in [5.41, 5.74) is 3.48. The number of pyridine rings is 2. The van der Waals surface area contributed by atoms with E-state index >= 15 is 0 Å². The lowest BCUT2D eigenvalue weighted by atomic mass is 10.1. The first-order valence-corrected chi connectivity index (χ1v) is 9.80. The molecule has 0 aliphatic carbocycles. The van der Waals surface area contributed by atoms with Gasteiger partial charge in [-0.1, -0.05) is 0 Å². The Morgan fingerprint density at radius 2 is 1.93 bits per heavy atom. The van der Waals surface area contributed by atoms with Crippen LogP contribution in [0, 0.1) is 13.8 Å². The van der Waals surface area contributed by atoms with Crippen molar-refractivity contribution in [2.75, 3.05) is 23.3 Å². The molecule has 2 atom stereocenters. The molecule has 0 aromatic carbocycles. The Morgan fingerprint density at radius 3 is 2.59 bits per heavy atom. The van der Waals surface area contributed by atoms with Crippen molar-refractivity contribution in [1.29, 1.82) is 0 Å². The van der Waals surface area contributed by atoms with E-state index in [1.165, 1.54) is 0 Å². The van der Waals surface area contributed by atoms with Crippen LogP contribution in [0.15, 0.2) is 24.4 Å². The van der Waals surface area contributed by atoms with Gasteiger partial charge in [-0.15, -0.1) is 0 Å². The normalized spacial score (nSPS) is 19.6. The fraction of sp³-hybridized carbons (Fsp3) is 0.429. The van der Waals surface area contributed by atoms with Crippen LogP contribution in [0.4, 0.5) is 11.5 Å². The Bertz CT molecular complexity index is 1050. The van der Waals surface area contributed by atoms with Gasteiger partial charge in [-0.2, -0.15) is 5.10 Å². The molecule has 29 heavy (non-hydrogen) atoms. The van der Waals surface area contributed by atoms with Crippen LogP contribution in [-0.2, 0) is 11.8 Å². The number of nitrogens with zero attached hydrogens (tertiary/aromatic N) is 5. The van der Waals surface area contributed by atoms with Crippen molar-refractivity contribution in [3.05, 3.63) is 41.3 Å². The fourth-order valence-corrected chi connectivity index (χ4v) is 3.96. The van der Waals surface area contributed by atoms with Gasteiger partial charge < -0.3 is 15.0 Å². The molecule has 8 heteroatoms. The largest absolute Gasteiger partial charge is 0.372 e. The molecule has 8 nitrogen and oxygen atoms in total. The number of ether oxygens (including phenoxy) is 1. The zero-order chi connectivity index (χ0) is 20.7. The molecule has 1 N–H and O–H groups in total. The molecule has 0 saturated carbocycles. The van der Waals surface area contributed by atoms with Gasteiger partial charge in [0.05, 0.1) is 40.7 Å². The lowest BCUT2D eigenvalue weighted by Gasteiger charge is -2.36. The average Bonchev–Trinajstić information content (AvgIpc) is 2.94. The molecule has 3 aromatic heterocycles. The summed E-state index contributed by atoms with van der Waals surface area (Å²) in [5, 5.41) is 8.13. The summed E-state index contributed by atoms with van der Waals surface area (Å²) in [6, 6.07) is 5.61. The van der Waals surface area contributed by atoms with Crippen molar-refractivity contribution in [1.82, 2.24) is 19.7 Å². The van der Waals surface area contributed by atoms with E-state index < -0.39 is 0 Å². The van der Waals surface area contributed by atoms with Crippen LogP contribution < -0.4 is 10.2 Å². The Hall–Kier alpha value is -3.00. The van der Waals surface area contributed by atoms with E-state index in [4.69, 9.17) is 4.74 Å².